The van der Waals surface area contributed by atoms with Crippen LogP contribution in [-0.2, 0) is 10.2 Å². The number of halogens is 4. The van der Waals surface area contributed by atoms with E-state index in [9.17, 15) is 18.0 Å². The van der Waals surface area contributed by atoms with Crippen LogP contribution in [0, 0.1) is 5.92 Å². The summed E-state index contributed by atoms with van der Waals surface area (Å²) in [6.45, 7) is 1.94. The third kappa shape index (κ3) is 2.76. The zero-order valence-electron chi connectivity index (χ0n) is 14.5. The summed E-state index contributed by atoms with van der Waals surface area (Å²) in [5, 5.41) is 11.2. The highest BCUT2D eigenvalue weighted by Gasteiger charge is 2.54. The summed E-state index contributed by atoms with van der Waals surface area (Å²) in [4.78, 5) is 13.0. The van der Waals surface area contributed by atoms with Crippen molar-refractivity contribution in [3.63, 3.8) is 0 Å². The molecule has 2 heterocycles. The molecule has 0 amide bonds. The summed E-state index contributed by atoms with van der Waals surface area (Å²) < 4.78 is 40.8. The van der Waals surface area contributed by atoms with Crippen molar-refractivity contribution in [3.8, 4) is 0 Å². The highest BCUT2D eigenvalue weighted by atomic mass is 79.9. The molecule has 1 unspecified atom stereocenters. The van der Waals surface area contributed by atoms with E-state index in [4.69, 9.17) is 0 Å². The molecule has 1 N–H and O–H groups in total. The summed E-state index contributed by atoms with van der Waals surface area (Å²) in [5.74, 6) is -2.13. The summed E-state index contributed by atoms with van der Waals surface area (Å²) >= 11 is 3.46. The monoisotopic (exact) mass is 439 g/mol. The molecule has 0 fully saturated rings. The minimum atomic E-state index is -4.41. The highest BCUT2D eigenvalue weighted by Crippen LogP contribution is 2.53. The molecule has 4 rings (SSSR count). The number of carbonyl (C=O) groups excluding carboxylic acids is 1. The molecule has 0 aromatic heterocycles. The fourth-order valence-corrected chi connectivity index (χ4v) is 4.88. The van der Waals surface area contributed by atoms with Crippen LogP contribution in [0.3, 0.4) is 0 Å². The van der Waals surface area contributed by atoms with E-state index < -0.39 is 35.9 Å². The number of carbonyl (C=O) groups is 1. The number of nitrogens with one attached hydrogen (secondary N) is 1. The minimum absolute atomic E-state index is 0.236. The van der Waals surface area contributed by atoms with E-state index in [1.54, 1.807) is 6.20 Å². The fourth-order valence-electron chi connectivity index (χ4n) is 4.48. The first-order chi connectivity index (χ1) is 12.8. The van der Waals surface area contributed by atoms with E-state index >= 15 is 0 Å². The van der Waals surface area contributed by atoms with E-state index in [-0.39, 0.29) is 6.42 Å². The number of alkyl halides is 3. The molecule has 27 heavy (non-hydrogen) atoms. The van der Waals surface area contributed by atoms with E-state index in [0.29, 0.717) is 17.7 Å². The molecule has 0 radical (unpaired) electrons. The molecule has 4 nitrogen and oxygen atoms in total. The van der Waals surface area contributed by atoms with Crippen LogP contribution in [-0.4, -0.2) is 18.1 Å². The van der Waals surface area contributed by atoms with Crippen molar-refractivity contribution in [2.75, 3.05) is 0 Å². The standard InChI is InChI=1S/C19H17BrF3N3O/c1-2-18(10-4-3-5-12(20)6-10)13-9-24-26-17(13)25-14-7-11(19(21,22)23)8-15(27)16(14)18/h3-6,9,11,17,25H,2,7-8H2,1H3/t11-,17?,18-/m0/s1. The zero-order chi connectivity index (χ0) is 19.4. The van der Waals surface area contributed by atoms with E-state index in [0.717, 1.165) is 15.6 Å². The third-order valence-corrected chi connectivity index (χ3v) is 6.17. The lowest BCUT2D eigenvalue weighted by Gasteiger charge is -2.46. The van der Waals surface area contributed by atoms with Crippen LogP contribution in [0.2, 0.25) is 0 Å². The molecule has 1 aromatic rings. The Bertz CT molecular complexity index is 906. The first-order valence-corrected chi connectivity index (χ1v) is 9.53. The van der Waals surface area contributed by atoms with Gasteiger partial charge in [0.15, 0.2) is 11.9 Å². The average molecular weight is 440 g/mol. The molecule has 0 bridgehead atoms. The molecular formula is C19H17BrF3N3O. The number of azo groups is 1. The summed E-state index contributed by atoms with van der Waals surface area (Å²) in [5.41, 5.74) is 1.61. The van der Waals surface area contributed by atoms with Crippen molar-refractivity contribution in [3.05, 3.63) is 57.3 Å². The lowest BCUT2D eigenvalue weighted by Crippen LogP contribution is -2.51. The first kappa shape index (κ1) is 18.4. The van der Waals surface area contributed by atoms with Gasteiger partial charge < -0.3 is 5.32 Å². The topological polar surface area (TPSA) is 53.8 Å². The molecule has 8 heteroatoms. The van der Waals surface area contributed by atoms with Crippen molar-refractivity contribution >= 4 is 21.7 Å². The maximum absolute atomic E-state index is 13.3. The fraction of sp³-hybridized carbons (Fsp3) is 0.421. The number of ketones is 1. The van der Waals surface area contributed by atoms with Crippen LogP contribution >= 0.6 is 15.9 Å². The maximum atomic E-state index is 13.3. The average Bonchev–Trinajstić information content (AvgIpc) is 3.07. The predicted molar refractivity (Wildman–Crippen MR) is 96.8 cm³/mol. The third-order valence-electron chi connectivity index (χ3n) is 5.68. The van der Waals surface area contributed by atoms with E-state index in [1.807, 2.05) is 31.2 Å². The number of allylic oxidation sites excluding steroid dienone is 2. The Hall–Kier alpha value is -1.96. The molecule has 0 saturated heterocycles. The number of hydrogen-bond acceptors (Lipinski definition) is 4. The number of nitrogens with zero attached hydrogens (tertiary/aromatic N) is 2. The Labute approximate surface area is 162 Å². The molecule has 0 spiro atoms. The second kappa shape index (κ2) is 6.29. The minimum Gasteiger partial charge on any atom is -0.362 e. The molecule has 0 saturated carbocycles. The van der Waals surface area contributed by atoms with Crippen LogP contribution in [0.5, 0.6) is 0 Å². The normalized spacial score (nSPS) is 30.0. The first-order valence-electron chi connectivity index (χ1n) is 8.74. The van der Waals surface area contributed by atoms with Crippen molar-refractivity contribution < 1.29 is 18.0 Å². The van der Waals surface area contributed by atoms with E-state index in [2.05, 4.69) is 31.5 Å². The summed E-state index contributed by atoms with van der Waals surface area (Å²) in [7, 11) is 0. The van der Waals surface area contributed by atoms with Crippen LogP contribution < -0.4 is 5.32 Å². The van der Waals surface area contributed by atoms with Crippen molar-refractivity contribution in [1.82, 2.24) is 5.32 Å². The van der Waals surface area contributed by atoms with Gasteiger partial charge in [-0.05, 0) is 30.5 Å². The lowest BCUT2D eigenvalue weighted by molar-refractivity contribution is -0.179. The molecule has 1 aromatic carbocycles. The molecule has 142 valence electrons. The SMILES string of the molecule is CC[C@]1(c2cccc(Br)c2)C2=CN=NC2NC2=C1C(=O)C[C@@H](C(F)(F)F)C2. The largest absolute Gasteiger partial charge is 0.392 e. The number of benzene rings is 1. The molecule has 3 aliphatic rings. The molecule has 3 atom stereocenters. The van der Waals surface area contributed by atoms with Gasteiger partial charge in [-0.1, -0.05) is 35.0 Å². The molecular weight excluding hydrogens is 423 g/mol. The predicted octanol–water partition coefficient (Wildman–Crippen LogP) is 5.17. The Morgan fingerprint density at radius 2 is 2.11 bits per heavy atom. The Morgan fingerprint density at radius 1 is 1.33 bits per heavy atom. The van der Waals surface area contributed by atoms with Gasteiger partial charge in [-0.15, -0.1) is 0 Å². The van der Waals surface area contributed by atoms with Gasteiger partial charge in [0.05, 0.1) is 17.5 Å². The van der Waals surface area contributed by atoms with Gasteiger partial charge in [-0.25, -0.2) is 0 Å². The zero-order valence-corrected chi connectivity index (χ0v) is 16.1. The maximum Gasteiger partial charge on any atom is 0.392 e. The van der Waals surface area contributed by atoms with Crippen molar-refractivity contribution in [2.45, 2.75) is 43.9 Å². The van der Waals surface area contributed by atoms with Gasteiger partial charge in [-0.2, -0.15) is 23.4 Å². The lowest BCUT2D eigenvalue weighted by atomic mass is 9.60. The number of fused-ring (bicyclic) bond motifs is 1. The number of rotatable bonds is 2. The van der Waals surface area contributed by atoms with Crippen LogP contribution in [0.1, 0.15) is 31.7 Å². The number of hydrogen-bond donors (Lipinski definition) is 1. The Kier molecular flexibility index (Phi) is 4.29. The Balaban J connectivity index is 1.94. The van der Waals surface area contributed by atoms with Gasteiger partial charge in [0, 0.05) is 27.7 Å². The van der Waals surface area contributed by atoms with Gasteiger partial charge in [0.25, 0.3) is 0 Å². The van der Waals surface area contributed by atoms with Crippen LogP contribution in [0.25, 0.3) is 0 Å². The van der Waals surface area contributed by atoms with Crippen LogP contribution in [0.4, 0.5) is 13.2 Å². The van der Waals surface area contributed by atoms with Gasteiger partial charge in [-0.3, -0.25) is 4.79 Å². The Morgan fingerprint density at radius 3 is 2.78 bits per heavy atom. The van der Waals surface area contributed by atoms with Gasteiger partial charge in [0.1, 0.15) is 0 Å². The summed E-state index contributed by atoms with van der Waals surface area (Å²) in [6, 6.07) is 7.56. The van der Waals surface area contributed by atoms with Crippen LogP contribution in [0.15, 0.2) is 62.0 Å². The van der Waals surface area contributed by atoms with Gasteiger partial charge in [0.2, 0.25) is 0 Å². The second-order valence-electron chi connectivity index (χ2n) is 7.06. The van der Waals surface area contributed by atoms with Crippen molar-refractivity contribution in [1.29, 1.82) is 0 Å². The number of Topliss-reactive ketones (excluding diaryl/α,β-unsaturated/α-hetero) is 1. The quantitative estimate of drug-likeness (QED) is 0.690. The smallest absolute Gasteiger partial charge is 0.362 e. The molecule has 1 aliphatic carbocycles. The molecule has 2 aliphatic heterocycles. The van der Waals surface area contributed by atoms with Gasteiger partial charge >= 0.3 is 6.18 Å². The summed E-state index contributed by atoms with van der Waals surface area (Å²) in [6.07, 6.45) is -3.55. The second-order valence-corrected chi connectivity index (χ2v) is 7.97. The van der Waals surface area contributed by atoms with E-state index in [1.165, 1.54) is 0 Å². The van der Waals surface area contributed by atoms with Crippen molar-refractivity contribution in [2.24, 2.45) is 16.1 Å². The highest BCUT2D eigenvalue weighted by molar-refractivity contribution is 9.10.